The molecule has 7 nitrogen and oxygen atoms in total. The minimum atomic E-state index is -1.07. The molecule has 0 bridgehead atoms. The van der Waals surface area contributed by atoms with Crippen LogP contribution in [-0.4, -0.2) is 49.4 Å². The number of carbonyl (C=O) groups is 2. The number of anilines is 1. The van der Waals surface area contributed by atoms with Gasteiger partial charge in [0.25, 0.3) is 0 Å². The Morgan fingerprint density at radius 2 is 2.05 bits per heavy atom. The molecule has 22 heavy (non-hydrogen) atoms. The molecule has 122 valence electrons. The molecule has 0 saturated carbocycles. The molecule has 1 rings (SSSR count). The van der Waals surface area contributed by atoms with Crippen LogP contribution in [-0.2, 0) is 4.79 Å². The molecule has 0 aromatic heterocycles. The minimum absolute atomic E-state index is 0.346. The van der Waals surface area contributed by atoms with Crippen LogP contribution in [0, 0.1) is 0 Å². The van der Waals surface area contributed by atoms with Crippen molar-refractivity contribution < 1.29 is 24.2 Å². The molecule has 0 radical (unpaired) electrons. The second-order valence-electron chi connectivity index (χ2n) is 4.34. The van der Waals surface area contributed by atoms with Crippen molar-refractivity contribution in [3.8, 4) is 11.5 Å². The highest BCUT2D eigenvalue weighted by molar-refractivity contribution is 7.98. The first-order valence-corrected chi connectivity index (χ1v) is 7.92. The smallest absolute Gasteiger partial charge is 0.326 e. The molecule has 0 fully saturated rings. The molecule has 2 amide bonds. The third kappa shape index (κ3) is 5.36. The fourth-order valence-electron chi connectivity index (χ4n) is 1.72. The molecule has 1 aromatic rings. The van der Waals surface area contributed by atoms with Gasteiger partial charge in [-0.1, -0.05) is 0 Å². The maximum Gasteiger partial charge on any atom is 0.326 e. The number of carboxylic acids is 1. The molecule has 0 heterocycles. The molecular weight excluding hydrogens is 308 g/mol. The van der Waals surface area contributed by atoms with Crippen molar-refractivity contribution in [3.63, 3.8) is 0 Å². The van der Waals surface area contributed by atoms with E-state index in [4.69, 9.17) is 14.6 Å². The molecular formula is C14H20N2O5S. The lowest BCUT2D eigenvalue weighted by Crippen LogP contribution is -2.43. The summed E-state index contributed by atoms with van der Waals surface area (Å²) in [6, 6.07) is 3.39. The third-order valence-electron chi connectivity index (χ3n) is 2.87. The Morgan fingerprint density at radius 3 is 2.59 bits per heavy atom. The van der Waals surface area contributed by atoms with E-state index >= 15 is 0 Å². The van der Waals surface area contributed by atoms with E-state index in [1.165, 1.54) is 26.0 Å². The van der Waals surface area contributed by atoms with Crippen LogP contribution in [0.4, 0.5) is 10.5 Å². The quantitative estimate of drug-likeness (QED) is 0.675. The number of hydrogen-bond donors (Lipinski definition) is 3. The fraction of sp³-hybridized carbons (Fsp3) is 0.429. The number of amides is 2. The summed E-state index contributed by atoms with van der Waals surface area (Å²) in [6.07, 6.45) is 2.22. The lowest BCUT2D eigenvalue weighted by molar-refractivity contribution is -0.139. The van der Waals surface area contributed by atoms with E-state index in [1.807, 2.05) is 6.26 Å². The number of aliphatic carboxylic acids is 1. The number of rotatable bonds is 8. The zero-order valence-corrected chi connectivity index (χ0v) is 13.5. The Labute approximate surface area is 133 Å². The van der Waals surface area contributed by atoms with E-state index in [-0.39, 0.29) is 0 Å². The van der Waals surface area contributed by atoms with Crippen LogP contribution in [0.15, 0.2) is 18.2 Å². The number of carboxylic acid groups (broad SMARTS) is 1. The SMILES string of the molecule is COc1ccc(OC)c(NC(=O)NC(CCSC)C(=O)O)c1. The molecule has 0 spiro atoms. The van der Waals surface area contributed by atoms with Crippen LogP contribution >= 0.6 is 11.8 Å². The molecule has 8 heteroatoms. The molecule has 1 aromatic carbocycles. The first kappa shape index (κ1) is 18.0. The largest absolute Gasteiger partial charge is 0.497 e. The first-order valence-electron chi connectivity index (χ1n) is 6.53. The summed E-state index contributed by atoms with van der Waals surface area (Å²) in [7, 11) is 2.98. The van der Waals surface area contributed by atoms with Crippen LogP contribution in [0.2, 0.25) is 0 Å². The lowest BCUT2D eigenvalue weighted by atomic mass is 10.2. The molecule has 3 N–H and O–H groups in total. The van der Waals surface area contributed by atoms with Gasteiger partial charge >= 0.3 is 12.0 Å². The van der Waals surface area contributed by atoms with E-state index in [9.17, 15) is 9.59 Å². The van der Waals surface area contributed by atoms with E-state index in [2.05, 4.69) is 10.6 Å². The fourth-order valence-corrected chi connectivity index (χ4v) is 2.19. The predicted octanol–water partition coefficient (Wildman–Crippen LogP) is 2.03. The number of carbonyl (C=O) groups excluding carboxylic acids is 1. The van der Waals surface area contributed by atoms with Gasteiger partial charge in [-0.2, -0.15) is 11.8 Å². The van der Waals surface area contributed by atoms with Gasteiger partial charge in [-0.15, -0.1) is 0 Å². The number of ether oxygens (including phenoxy) is 2. The second kappa shape index (κ2) is 9.04. The first-order chi connectivity index (χ1) is 10.5. The number of urea groups is 1. The van der Waals surface area contributed by atoms with Gasteiger partial charge in [-0.25, -0.2) is 9.59 Å². The second-order valence-corrected chi connectivity index (χ2v) is 5.32. The van der Waals surface area contributed by atoms with Gasteiger partial charge < -0.3 is 25.2 Å². The minimum Gasteiger partial charge on any atom is -0.497 e. The van der Waals surface area contributed by atoms with Gasteiger partial charge in [0.05, 0.1) is 19.9 Å². The molecule has 0 aliphatic carbocycles. The maximum absolute atomic E-state index is 12.0. The number of benzene rings is 1. The highest BCUT2D eigenvalue weighted by Crippen LogP contribution is 2.28. The Kier molecular flexibility index (Phi) is 7.38. The summed E-state index contributed by atoms with van der Waals surface area (Å²) < 4.78 is 10.2. The average Bonchev–Trinajstić information content (AvgIpc) is 2.50. The van der Waals surface area contributed by atoms with Crippen molar-refractivity contribution in [1.29, 1.82) is 0 Å². The van der Waals surface area contributed by atoms with Gasteiger partial charge in [-0.05, 0) is 30.6 Å². The van der Waals surface area contributed by atoms with Gasteiger partial charge in [0.15, 0.2) is 0 Å². The van der Waals surface area contributed by atoms with E-state index < -0.39 is 18.0 Å². The molecule has 0 aliphatic heterocycles. The topological polar surface area (TPSA) is 96.9 Å². The van der Waals surface area contributed by atoms with Gasteiger partial charge in [0, 0.05) is 6.07 Å². The monoisotopic (exact) mass is 328 g/mol. The normalized spacial score (nSPS) is 11.4. The maximum atomic E-state index is 12.0. The van der Waals surface area contributed by atoms with Crippen molar-refractivity contribution in [3.05, 3.63) is 18.2 Å². The van der Waals surface area contributed by atoms with Gasteiger partial charge in [0.2, 0.25) is 0 Å². The molecule has 1 unspecified atom stereocenters. The number of hydrogen-bond acceptors (Lipinski definition) is 5. The summed E-state index contributed by atoms with van der Waals surface area (Å²) in [5.74, 6) is 0.571. The standard InChI is InChI=1S/C14H20N2O5S/c1-20-9-4-5-12(21-2)11(8-9)16-14(19)15-10(13(17)18)6-7-22-3/h4-5,8,10H,6-7H2,1-3H3,(H,17,18)(H2,15,16,19). The van der Waals surface area contributed by atoms with Gasteiger partial charge in [-0.3, -0.25) is 0 Å². The lowest BCUT2D eigenvalue weighted by Gasteiger charge is -2.16. The molecule has 0 saturated heterocycles. The van der Waals surface area contributed by atoms with Crippen molar-refractivity contribution in [2.75, 3.05) is 31.5 Å². The third-order valence-corrected chi connectivity index (χ3v) is 3.51. The molecule has 1 atom stereocenters. The zero-order chi connectivity index (χ0) is 16.5. The summed E-state index contributed by atoms with van der Waals surface area (Å²) >= 11 is 1.52. The summed E-state index contributed by atoms with van der Waals surface area (Å²) in [6.45, 7) is 0. The number of thioether (sulfide) groups is 1. The Hall–Kier alpha value is -2.09. The van der Waals surface area contributed by atoms with Crippen LogP contribution in [0.1, 0.15) is 6.42 Å². The summed E-state index contributed by atoms with van der Waals surface area (Å²) in [4.78, 5) is 23.1. The van der Waals surface area contributed by atoms with Crippen LogP contribution < -0.4 is 20.1 Å². The highest BCUT2D eigenvalue weighted by atomic mass is 32.2. The highest BCUT2D eigenvalue weighted by Gasteiger charge is 2.20. The molecule has 0 aliphatic rings. The number of methoxy groups -OCH3 is 2. The Balaban J connectivity index is 2.76. The van der Waals surface area contributed by atoms with E-state index in [0.29, 0.717) is 29.4 Å². The summed E-state index contributed by atoms with van der Waals surface area (Å²) in [5.41, 5.74) is 0.397. The Morgan fingerprint density at radius 1 is 1.32 bits per heavy atom. The Bertz CT molecular complexity index is 524. The van der Waals surface area contributed by atoms with E-state index in [0.717, 1.165) is 0 Å². The van der Waals surface area contributed by atoms with Crippen LogP contribution in [0.3, 0.4) is 0 Å². The zero-order valence-electron chi connectivity index (χ0n) is 12.7. The van der Waals surface area contributed by atoms with E-state index in [1.54, 1.807) is 18.2 Å². The average molecular weight is 328 g/mol. The number of nitrogens with one attached hydrogen (secondary N) is 2. The van der Waals surface area contributed by atoms with Crippen molar-refractivity contribution in [2.45, 2.75) is 12.5 Å². The van der Waals surface area contributed by atoms with Crippen molar-refractivity contribution >= 4 is 29.4 Å². The van der Waals surface area contributed by atoms with Crippen LogP contribution in [0.5, 0.6) is 11.5 Å². The predicted molar refractivity (Wildman–Crippen MR) is 86.1 cm³/mol. The van der Waals surface area contributed by atoms with Crippen molar-refractivity contribution in [1.82, 2.24) is 5.32 Å². The summed E-state index contributed by atoms with van der Waals surface area (Å²) in [5, 5.41) is 14.1. The van der Waals surface area contributed by atoms with Gasteiger partial charge in [0.1, 0.15) is 17.5 Å². The van der Waals surface area contributed by atoms with Crippen LogP contribution in [0.25, 0.3) is 0 Å². The van der Waals surface area contributed by atoms with Crippen molar-refractivity contribution in [2.24, 2.45) is 0 Å².